The predicted molar refractivity (Wildman–Crippen MR) is 253 cm³/mol. The van der Waals surface area contributed by atoms with Gasteiger partial charge in [-0.1, -0.05) is 164 Å². The van der Waals surface area contributed by atoms with E-state index in [2.05, 4.69) is 217 Å². The summed E-state index contributed by atoms with van der Waals surface area (Å²) in [4.78, 5) is 2.38. The summed E-state index contributed by atoms with van der Waals surface area (Å²) in [7, 11) is 0. The fraction of sp³-hybridized carbons (Fsp3) is 0. The molecule has 2 aromatic heterocycles. The van der Waals surface area contributed by atoms with E-state index in [9.17, 15) is 0 Å². The summed E-state index contributed by atoms with van der Waals surface area (Å²) >= 11 is 1.86. The molecule has 3 heteroatoms. The van der Waals surface area contributed by atoms with E-state index in [4.69, 9.17) is 4.42 Å². The molecule has 10 aromatic carbocycles. The molecule has 0 aliphatic heterocycles. The van der Waals surface area contributed by atoms with Crippen molar-refractivity contribution in [3.63, 3.8) is 0 Å². The molecule has 0 saturated heterocycles. The minimum absolute atomic E-state index is 0.867. The van der Waals surface area contributed by atoms with Gasteiger partial charge in [0.1, 0.15) is 5.58 Å². The molecule has 2 heterocycles. The number of furan rings is 1. The second-order valence-electron chi connectivity index (χ2n) is 15.2. The van der Waals surface area contributed by atoms with E-state index < -0.39 is 0 Å². The molecule has 0 amide bonds. The van der Waals surface area contributed by atoms with Crippen LogP contribution in [0.5, 0.6) is 0 Å². The second-order valence-corrected chi connectivity index (χ2v) is 16.3. The number of anilines is 3. The average Bonchev–Trinajstić information content (AvgIpc) is 3.89. The number of rotatable bonds is 6. The minimum atomic E-state index is 0.867. The minimum Gasteiger partial charge on any atom is -0.454 e. The number of benzene rings is 10. The van der Waals surface area contributed by atoms with Crippen molar-refractivity contribution >= 4 is 92.1 Å². The maximum Gasteiger partial charge on any atom is 0.160 e. The quantitative estimate of drug-likeness (QED) is 0.167. The lowest BCUT2D eigenvalue weighted by molar-refractivity contribution is 0.669. The van der Waals surface area contributed by atoms with E-state index in [-0.39, 0.29) is 0 Å². The van der Waals surface area contributed by atoms with Gasteiger partial charge in [0.15, 0.2) is 5.58 Å². The zero-order chi connectivity index (χ0) is 38.9. The molecule has 2 nitrogen and oxygen atoms in total. The van der Waals surface area contributed by atoms with Gasteiger partial charge in [-0.3, -0.25) is 0 Å². The molecule has 0 bridgehead atoms. The molecule has 0 fully saturated rings. The van der Waals surface area contributed by atoms with E-state index in [0.29, 0.717) is 0 Å². The molecule has 0 atom stereocenters. The second kappa shape index (κ2) is 13.6. The molecule has 0 spiro atoms. The van der Waals surface area contributed by atoms with Crippen LogP contribution in [0.25, 0.3) is 97.0 Å². The van der Waals surface area contributed by atoms with E-state index in [1.165, 1.54) is 69.7 Å². The molecule has 0 radical (unpaired) electrons. The third kappa shape index (κ3) is 5.47. The lowest BCUT2D eigenvalue weighted by Crippen LogP contribution is -2.10. The zero-order valence-corrected chi connectivity index (χ0v) is 32.8. The van der Waals surface area contributed by atoms with E-state index >= 15 is 0 Å². The Hall–Kier alpha value is -7.46. The number of hydrogen-bond donors (Lipinski definition) is 0. The molecule has 12 rings (SSSR count). The highest BCUT2D eigenvalue weighted by Crippen LogP contribution is 2.48. The van der Waals surface area contributed by atoms with Crippen LogP contribution >= 0.6 is 11.3 Å². The van der Waals surface area contributed by atoms with Gasteiger partial charge in [-0.2, -0.15) is 0 Å². The van der Waals surface area contributed by atoms with Crippen molar-refractivity contribution < 1.29 is 4.42 Å². The van der Waals surface area contributed by atoms with Gasteiger partial charge in [0.25, 0.3) is 0 Å². The molecule has 59 heavy (non-hydrogen) atoms. The largest absolute Gasteiger partial charge is 0.454 e. The number of para-hydroxylation sites is 1. The van der Waals surface area contributed by atoms with Crippen molar-refractivity contribution in [3.05, 3.63) is 212 Å². The molecular formula is C56H35NOS. The van der Waals surface area contributed by atoms with Gasteiger partial charge in [0.2, 0.25) is 0 Å². The molecule has 0 aliphatic rings. The zero-order valence-electron chi connectivity index (χ0n) is 32.0. The van der Waals surface area contributed by atoms with Crippen molar-refractivity contribution in [2.75, 3.05) is 4.90 Å². The highest BCUT2D eigenvalue weighted by Gasteiger charge is 2.23. The van der Waals surface area contributed by atoms with E-state index in [0.717, 1.165) is 44.4 Å². The standard InChI is InChI=1S/C56H35NOS/c1-2-14-36(15-3-1)43-24-11-17-38-18-12-25-44(53(38)43)37-30-32-41(33-31-37)57(49-35-40-16-4-5-21-46(40)55-47-22-6-8-27-50(47)58-56(49)55)42-20-10-19-39(34-42)45-26-13-29-52-54(45)48-23-7-9-28-51(48)59-52/h1-35H. The Bertz CT molecular complexity index is 3550. The normalized spacial score (nSPS) is 11.7. The van der Waals surface area contributed by atoms with Gasteiger partial charge in [-0.25, -0.2) is 0 Å². The van der Waals surface area contributed by atoms with E-state index in [1.807, 2.05) is 11.3 Å². The molecule has 0 saturated carbocycles. The van der Waals surface area contributed by atoms with Gasteiger partial charge >= 0.3 is 0 Å². The van der Waals surface area contributed by atoms with Gasteiger partial charge < -0.3 is 9.32 Å². The molecule has 0 N–H and O–H groups in total. The van der Waals surface area contributed by atoms with Gasteiger partial charge in [0.05, 0.1) is 5.69 Å². The maximum atomic E-state index is 6.88. The van der Waals surface area contributed by atoms with Crippen LogP contribution in [0.15, 0.2) is 217 Å². The maximum absolute atomic E-state index is 6.88. The summed E-state index contributed by atoms with van der Waals surface area (Å²) in [5.74, 6) is 0. The molecule has 276 valence electrons. The highest BCUT2D eigenvalue weighted by atomic mass is 32.1. The van der Waals surface area contributed by atoms with Crippen LogP contribution in [-0.2, 0) is 0 Å². The molecule has 0 aliphatic carbocycles. The SMILES string of the molecule is c1ccc(-c2cccc3cccc(-c4ccc(N(c5cccc(-c6cccc7sc8ccccc8c67)c5)c5cc6ccccc6c6c5oc5ccccc56)cc4)c23)cc1. The fourth-order valence-corrected chi connectivity index (χ4v) is 10.3. The molecule has 0 unspecified atom stereocenters. The summed E-state index contributed by atoms with van der Waals surface area (Å²) in [5.41, 5.74) is 12.1. The van der Waals surface area contributed by atoms with E-state index in [1.54, 1.807) is 0 Å². The van der Waals surface area contributed by atoms with Gasteiger partial charge in [0, 0.05) is 42.3 Å². The molecular weight excluding hydrogens is 735 g/mol. The third-order valence-corrected chi connectivity index (χ3v) is 13.0. The topological polar surface area (TPSA) is 16.4 Å². The summed E-state index contributed by atoms with van der Waals surface area (Å²) in [6.45, 7) is 0. The number of hydrogen-bond acceptors (Lipinski definition) is 3. The lowest BCUT2D eigenvalue weighted by Gasteiger charge is -2.27. The van der Waals surface area contributed by atoms with Crippen LogP contribution in [0.4, 0.5) is 17.1 Å². The Morgan fingerprint density at radius 2 is 0.949 bits per heavy atom. The first-order valence-corrected chi connectivity index (χ1v) is 20.9. The first-order chi connectivity index (χ1) is 29.3. The summed E-state index contributed by atoms with van der Waals surface area (Å²) in [6, 6.07) is 76.9. The van der Waals surface area contributed by atoms with Crippen molar-refractivity contribution in [1.82, 2.24) is 0 Å². The van der Waals surface area contributed by atoms with Crippen molar-refractivity contribution in [2.24, 2.45) is 0 Å². The number of fused-ring (bicyclic) bond motifs is 9. The van der Waals surface area contributed by atoms with Crippen molar-refractivity contribution in [3.8, 4) is 33.4 Å². The van der Waals surface area contributed by atoms with Crippen LogP contribution in [0.2, 0.25) is 0 Å². The average molecular weight is 770 g/mol. The van der Waals surface area contributed by atoms with Crippen LogP contribution in [0.1, 0.15) is 0 Å². The number of nitrogens with zero attached hydrogens (tertiary/aromatic N) is 1. The van der Waals surface area contributed by atoms with Crippen LogP contribution in [0, 0.1) is 0 Å². The summed E-state index contributed by atoms with van der Waals surface area (Å²) < 4.78 is 9.48. The molecule has 12 aromatic rings. The fourth-order valence-electron chi connectivity index (χ4n) is 9.21. The van der Waals surface area contributed by atoms with Crippen molar-refractivity contribution in [2.45, 2.75) is 0 Å². The first kappa shape index (κ1) is 33.7. The Morgan fingerprint density at radius 1 is 0.356 bits per heavy atom. The summed E-state index contributed by atoms with van der Waals surface area (Å²) in [5, 5.41) is 9.67. The van der Waals surface area contributed by atoms with Crippen LogP contribution in [-0.4, -0.2) is 0 Å². The Balaban J connectivity index is 1.09. The smallest absolute Gasteiger partial charge is 0.160 e. The van der Waals surface area contributed by atoms with Gasteiger partial charge in [-0.15, -0.1) is 11.3 Å². The highest BCUT2D eigenvalue weighted by molar-refractivity contribution is 7.25. The lowest BCUT2D eigenvalue weighted by atomic mass is 9.91. The predicted octanol–water partition coefficient (Wildman–Crippen LogP) is 16.7. The Morgan fingerprint density at radius 3 is 1.76 bits per heavy atom. The number of thiophene rings is 1. The summed E-state index contributed by atoms with van der Waals surface area (Å²) in [6.07, 6.45) is 0. The van der Waals surface area contributed by atoms with Crippen molar-refractivity contribution in [1.29, 1.82) is 0 Å². The van der Waals surface area contributed by atoms with Crippen LogP contribution in [0.3, 0.4) is 0 Å². The Kier molecular flexibility index (Phi) is 7.75. The third-order valence-electron chi connectivity index (χ3n) is 11.8. The van der Waals surface area contributed by atoms with Gasteiger partial charge in [-0.05, 0) is 103 Å². The monoisotopic (exact) mass is 769 g/mol. The Labute approximate surface area is 345 Å². The first-order valence-electron chi connectivity index (χ1n) is 20.1. The van der Waals surface area contributed by atoms with Crippen LogP contribution < -0.4 is 4.90 Å².